The fourth-order valence-electron chi connectivity index (χ4n) is 1.75. The van der Waals surface area contributed by atoms with Crippen molar-refractivity contribution in [1.82, 2.24) is 4.98 Å². The second kappa shape index (κ2) is 2.73. The Morgan fingerprint density at radius 3 is 3.33 bits per heavy atom. The molecule has 0 saturated heterocycles. The summed E-state index contributed by atoms with van der Waals surface area (Å²) in [6.07, 6.45) is 5.71. The lowest BCUT2D eigenvalue weighted by Gasteiger charge is -2.16. The zero-order valence-electron chi connectivity index (χ0n) is 7.21. The van der Waals surface area contributed by atoms with Gasteiger partial charge < -0.3 is 0 Å². The van der Waals surface area contributed by atoms with E-state index in [4.69, 9.17) is 0 Å². The number of imidazole rings is 1. The Hall–Kier alpha value is -1.12. The first-order chi connectivity index (χ1) is 5.81. The van der Waals surface area contributed by atoms with Crippen molar-refractivity contribution in [2.45, 2.75) is 26.3 Å². The molecule has 0 amide bonds. The van der Waals surface area contributed by atoms with E-state index in [9.17, 15) is 4.79 Å². The molecule has 0 fully saturated rings. The maximum absolute atomic E-state index is 11.5. The molecule has 0 radical (unpaired) electrons. The highest BCUT2D eigenvalue weighted by Crippen LogP contribution is 2.14. The third kappa shape index (κ3) is 1.05. The summed E-state index contributed by atoms with van der Waals surface area (Å²) in [6.45, 7) is 2.63. The summed E-state index contributed by atoms with van der Waals surface area (Å²) in [7, 11) is 0. The fourth-order valence-corrected chi connectivity index (χ4v) is 1.75. The molecule has 1 N–H and O–H groups in total. The van der Waals surface area contributed by atoms with Crippen molar-refractivity contribution in [3.63, 3.8) is 0 Å². The van der Waals surface area contributed by atoms with Crippen molar-refractivity contribution in [3.8, 4) is 0 Å². The van der Waals surface area contributed by atoms with Crippen molar-refractivity contribution in [2.24, 2.45) is 5.92 Å². The van der Waals surface area contributed by atoms with Crippen LogP contribution in [-0.4, -0.2) is 10.8 Å². The Balaban J connectivity index is 2.29. The molecule has 1 aromatic rings. The maximum atomic E-state index is 11.5. The van der Waals surface area contributed by atoms with Crippen LogP contribution < -0.4 is 4.57 Å². The van der Waals surface area contributed by atoms with E-state index in [2.05, 4.69) is 11.9 Å². The largest absolute Gasteiger partial charge is 0.295 e. The summed E-state index contributed by atoms with van der Waals surface area (Å²) < 4.78 is 1.99. The van der Waals surface area contributed by atoms with Gasteiger partial charge in [-0.05, 0) is 6.42 Å². The molecule has 2 rings (SSSR count). The van der Waals surface area contributed by atoms with Gasteiger partial charge in [0.2, 0.25) is 6.33 Å². The number of fused-ring (bicyclic) bond motifs is 1. The van der Waals surface area contributed by atoms with Gasteiger partial charge in [0.05, 0.1) is 0 Å². The molecular weight excluding hydrogens is 152 g/mol. The molecule has 64 valence electrons. The van der Waals surface area contributed by atoms with Gasteiger partial charge in [0.1, 0.15) is 18.4 Å². The second-order valence-corrected chi connectivity index (χ2v) is 3.33. The number of Topliss-reactive ketones (excluding diaryl/α,β-unsaturated/α-hetero) is 1. The molecule has 1 aliphatic rings. The summed E-state index contributed by atoms with van der Waals surface area (Å²) in [4.78, 5) is 14.5. The Morgan fingerprint density at radius 2 is 2.58 bits per heavy atom. The fraction of sp³-hybridized carbons (Fsp3) is 0.556. The number of ketones is 1. The van der Waals surface area contributed by atoms with Gasteiger partial charge in [-0.2, -0.15) is 0 Å². The first-order valence-corrected chi connectivity index (χ1v) is 4.39. The zero-order chi connectivity index (χ0) is 8.55. The number of aromatic amines is 1. The lowest BCUT2D eigenvalue weighted by molar-refractivity contribution is -0.694. The highest BCUT2D eigenvalue weighted by Gasteiger charge is 2.28. The molecule has 2 heterocycles. The van der Waals surface area contributed by atoms with Gasteiger partial charge in [-0.1, -0.05) is 6.92 Å². The van der Waals surface area contributed by atoms with E-state index in [1.54, 1.807) is 0 Å². The first-order valence-electron chi connectivity index (χ1n) is 4.39. The molecule has 0 bridgehead atoms. The molecule has 0 spiro atoms. The summed E-state index contributed by atoms with van der Waals surface area (Å²) in [5.41, 5.74) is 1.25. The van der Waals surface area contributed by atoms with Gasteiger partial charge in [0.15, 0.2) is 5.78 Å². The molecule has 12 heavy (non-hydrogen) atoms. The standard InChI is InChI=1S/C9H12N2O/c1-2-7-3-8-4-10-6-11(8)5-9(7)12/h4,6-7H,2-3,5H2,1H3/p+1/t7-/m0/s1. The number of rotatable bonds is 1. The van der Waals surface area contributed by atoms with Crippen LogP contribution in [0.15, 0.2) is 12.5 Å². The number of nitrogens with one attached hydrogen (secondary N) is 1. The Labute approximate surface area is 71.4 Å². The van der Waals surface area contributed by atoms with Crippen LogP contribution in [0.4, 0.5) is 0 Å². The molecule has 3 heteroatoms. The van der Waals surface area contributed by atoms with E-state index >= 15 is 0 Å². The lowest BCUT2D eigenvalue weighted by Crippen LogP contribution is -2.47. The third-order valence-corrected chi connectivity index (χ3v) is 2.58. The highest BCUT2D eigenvalue weighted by molar-refractivity contribution is 5.80. The molecule has 0 unspecified atom stereocenters. The van der Waals surface area contributed by atoms with Crippen LogP contribution in [0.2, 0.25) is 0 Å². The normalized spacial score (nSPS) is 22.4. The Kier molecular flexibility index (Phi) is 1.71. The summed E-state index contributed by atoms with van der Waals surface area (Å²) in [6, 6.07) is 0. The molecule has 0 saturated carbocycles. The number of carbonyl (C=O) groups is 1. The van der Waals surface area contributed by atoms with Crippen molar-refractivity contribution in [2.75, 3.05) is 0 Å². The van der Waals surface area contributed by atoms with E-state index in [-0.39, 0.29) is 5.92 Å². The minimum Gasteiger partial charge on any atom is -0.295 e. The van der Waals surface area contributed by atoms with Crippen molar-refractivity contribution in [1.29, 1.82) is 0 Å². The number of nitrogens with zero attached hydrogens (tertiary/aromatic N) is 1. The smallest absolute Gasteiger partial charge is 0.242 e. The van der Waals surface area contributed by atoms with Gasteiger partial charge in [0, 0.05) is 12.3 Å². The molecule has 1 atom stereocenters. The zero-order valence-corrected chi connectivity index (χ0v) is 7.21. The van der Waals surface area contributed by atoms with Crippen LogP contribution in [0.3, 0.4) is 0 Å². The number of hydrogen-bond acceptors (Lipinski definition) is 1. The first kappa shape index (κ1) is 7.53. The SMILES string of the molecule is CC[C@H]1Cc2c[nH]c[n+]2CC1=O. The van der Waals surface area contributed by atoms with Gasteiger partial charge in [0.25, 0.3) is 0 Å². The quantitative estimate of drug-likeness (QED) is 0.603. The minimum atomic E-state index is 0.251. The molecule has 0 aliphatic carbocycles. The van der Waals surface area contributed by atoms with Crippen molar-refractivity contribution < 1.29 is 9.36 Å². The van der Waals surface area contributed by atoms with E-state index in [0.29, 0.717) is 12.3 Å². The average Bonchev–Trinajstić information content (AvgIpc) is 2.49. The molecule has 1 aromatic heterocycles. The lowest BCUT2D eigenvalue weighted by atomic mass is 9.93. The van der Waals surface area contributed by atoms with E-state index in [1.165, 1.54) is 5.69 Å². The van der Waals surface area contributed by atoms with Gasteiger partial charge >= 0.3 is 0 Å². The summed E-state index contributed by atoms with van der Waals surface area (Å²) in [5.74, 6) is 0.621. The molecular formula is C9H13N2O+. The van der Waals surface area contributed by atoms with Crippen LogP contribution >= 0.6 is 0 Å². The predicted octanol–water partition coefficient (Wildman–Crippen LogP) is 0.454. The third-order valence-electron chi connectivity index (χ3n) is 2.58. The maximum Gasteiger partial charge on any atom is 0.242 e. The van der Waals surface area contributed by atoms with Crippen LogP contribution in [0.25, 0.3) is 0 Å². The van der Waals surface area contributed by atoms with E-state index in [0.717, 1.165) is 12.8 Å². The van der Waals surface area contributed by atoms with Gasteiger partial charge in [-0.25, -0.2) is 9.55 Å². The summed E-state index contributed by atoms with van der Waals surface area (Å²) in [5, 5.41) is 0. The van der Waals surface area contributed by atoms with Crippen LogP contribution in [0.1, 0.15) is 19.0 Å². The topological polar surface area (TPSA) is 36.7 Å². The Bertz CT molecular complexity index is 303. The molecule has 1 aliphatic heterocycles. The van der Waals surface area contributed by atoms with Crippen LogP contribution in [-0.2, 0) is 17.8 Å². The Morgan fingerprint density at radius 1 is 1.75 bits per heavy atom. The van der Waals surface area contributed by atoms with Crippen molar-refractivity contribution >= 4 is 5.78 Å². The number of carbonyl (C=O) groups excluding carboxylic acids is 1. The van der Waals surface area contributed by atoms with Crippen LogP contribution in [0.5, 0.6) is 0 Å². The van der Waals surface area contributed by atoms with Gasteiger partial charge in [-0.3, -0.25) is 4.79 Å². The predicted molar refractivity (Wildman–Crippen MR) is 43.5 cm³/mol. The van der Waals surface area contributed by atoms with E-state index < -0.39 is 0 Å². The number of H-pyrrole nitrogens is 1. The average molecular weight is 165 g/mol. The monoisotopic (exact) mass is 165 g/mol. The molecule has 3 nitrogen and oxygen atoms in total. The number of hydrogen-bond donors (Lipinski definition) is 1. The summed E-state index contributed by atoms with van der Waals surface area (Å²) >= 11 is 0. The van der Waals surface area contributed by atoms with Crippen molar-refractivity contribution in [3.05, 3.63) is 18.2 Å². The van der Waals surface area contributed by atoms with Crippen LogP contribution in [0, 0.1) is 5.92 Å². The van der Waals surface area contributed by atoms with Gasteiger partial charge in [-0.15, -0.1) is 0 Å². The molecule has 0 aromatic carbocycles. The van der Waals surface area contributed by atoms with E-state index in [1.807, 2.05) is 17.1 Å². The number of aromatic nitrogens is 2. The minimum absolute atomic E-state index is 0.251. The second-order valence-electron chi connectivity index (χ2n) is 3.33. The highest BCUT2D eigenvalue weighted by atomic mass is 16.1.